The van der Waals surface area contributed by atoms with Crippen molar-refractivity contribution in [3.05, 3.63) is 41.6 Å². The summed E-state index contributed by atoms with van der Waals surface area (Å²) in [6.45, 7) is 1.95. The quantitative estimate of drug-likeness (QED) is 0.610. The summed E-state index contributed by atoms with van der Waals surface area (Å²) in [7, 11) is 1.79. The van der Waals surface area contributed by atoms with Crippen LogP contribution in [0.4, 0.5) is 0 Å². The summed E-state index contributed by atoms with van der Waals surface area (Å²) < 4.78 is 0. The van der Waals surface area contributed by atoms with Gasteiger partial charge in [-0.15, -0.1) is 0 Å². The molecule has 2 heteroatoms. The van der Waals surface area contributed by atoms with Gasteiger partial charge >= 0.3 is 0 Å². The van der Waals surface area contributed by atoms with E-state index in [4.69, 9.17) is 0 Å². The highest BCUT2D eigenvalue weighted by Crippen LogP contribution is 2.25. The predicted molar refractivity (Wildman–Crippen MR) is 56.7 cm³/mol. The normalized spacial score (nSPS) is 20.6. The van der Waals surface area contributed by atoms with Crippen molar-refractivity contribution in [2.24, 2.45) is 0 Å². The first-order valence-corrected chi connectivity index (χ1v) is 4.74. The predicted octanol–water partition coefficient (Wildman–Crippen LogP) is 2.23. The van der Waals surface area contributed by atoms with E-state index in [1.807, 2.05) is 43.5 Å². The van der Waals surface area contributed by atoms with E-state index in [-0.39, 0.29) is 11.8 Å². The third kappa shape index (κ3) is 1.33. The lowest BCUT2D eigenvalue weighted by molar-refractivity contribution is -0.128. The Kier molecular flexibility index (Phi) is 2.12. The summed E-state index contributed by atoms with van der Waals surface area (Å²) in [4.78, 5) is 13.4. The number of nitrogens with zero attached hydrogens (tertiary/aromatic N) is 1. The van der Waals surface area contributed by atoms with Crippen LogP contribution in [0.15, 0.2) is 30.5 Å². The third-order valence-corrected chi connectivity index (χ3v) is 2.66. The van der Waals surface area contributed by atoms with Crippen molar-refractivity contribution >= 4 is 12.0 Å². The summed E-state index contributed by atoms with van der Waals surface area (Å²) in [5.74, 6) is 0.0948. The number of hydrogen-bond acceptors (Lipinski definition) is 1. The molecule has 2 rings (SSSR count). The van der Waals surface area contributed by atoms with Gasteiger partial charge in [-0.05, 0) is 24.1 Å². The Hall–Kier alpha value is -1.57. The first-order valence-electron chi connectivity index (χ1n) is 4.74. The van der Waals surface area contributed by atoms with Gasteiger partial charge in [0.15, 0.2) is 0 Å². The number of carbonyl (C=O) groups excluding carboxylic acids is 1. The molecule has 0 aromatic heterocycles. The molecule has 0 unspecified atom stereocenters. The van der Waals surface area contributed by atoms with Crippen LogP contribution in [0.1, 0.15) is 24.0 Å². The molecule has 1 aliphatic heterocycles. The van der Waals surface area contributed by atoms with Crippen LogP contribution in [-0.4, -0.2) is 17.9 Å². The van der Waals surface area contributed by atoms with Gasteiger partial charge < -0.3 is 4.90 Å². The Morgan fingerprint density at radius 2 is 2.00 bits per heavy atom. The lowest BCUT2D eigenvalue weighted by Gasteiger charge is -2.15. The van der Waals surface area contributed by atoms with E-state index >= 15 is 0 Å². The van der Waals surface area contributed by atoms with Crippen LogP contribution in [-0.2, 0) is 4.79 Å². The van der Waals surface area contributed by atoms with Gasteiger partial charge in [0, 0.05) is 13.2 Å². The summed E-state index contributed by atoms with van der Waals surface area (Å²) >= 11 is 0. The lowest BCUT2D eigenvalue weighted by atomic mass is 9.96. The summed E-state index contributed by atoms with van der Waals surface area (Å²) in [6, 6.07) is 8.02. The maximum Gasteiger partial charge on any atom is 0.233 e. The van der Waals surface area contributed by atoms with Crippen LogP contribution >= 0.6 is 0 Å². The molecule has 1 aliphatic rings. The van der Waals surface area contributed by atoms with Gasteiger partial charge in [0.25, 0.3) is 0 Å². The second-order valence-corrected chi connectivity index (χ2v) is 3.62. The molecular formula is C12H13NO. The van der Waals surface area contributed by atoms with Crippen LogP contribution in [0.25, 0.3) is 6.08 Å². The molecule has 1 amide bonds. The van der Waals surface area contributed by atoms with E-state index < -0.39 is 0 Å². The molecule has 0 aliphatic carbocycles. The van der Waals surface area contributed by atoms with Crippen molar-refractivity contribution in [1.82, 2.24) is 4.90 Å². The number of amides is 1. The number of carbonyl (C=O) groups is 1. The first-order chi connectivity index (χ1) is 6.70. The molecular weight excluding hydrogens is 174 g/mol. The molecule has 0 fully saturated rings. The van der Waals surface area contributed by atoms with Gasteiger partial charge in [-0.25, -0.2) is 0 Å². The van der Waals surface area contributed by atoms with Crippen LogP contribution in [0.5, 0.6) is 0 Å². The van der Waals surface area contributed by atoms with Crippen molar-refractivity contribution in [2.45, 2.75) is 12.8 Å². The molecule has 1 heterocycles. The first kappa shape index (κ1) is 9.00. The van der Waals surface area contributed by atoms with Crippen molar-refractivity contribution in [3.8, 4) is 0 Å². The zero-order valence-corrected chi connectivity index (χ0v) is 8.40. The van der Waals surface area contributed by atoms with E-state index in [0.717, 1.165) is 11.1 Å². The molecule has 1 aromatic rings. The minimum Gasteiger partial charge on any atom is -0.322 e. The van der Waals surface area contributed by atoms with Gasteiger partial charge in [0.1, 0.15) is 0 Å². The standard InChI is InChI=1S/C12H13NO/c1-9-11-6-4-3-5-10(11)7-8-13(2)12(9)14/h3-9H,1-2H3/t9-/m1/s1. The second-order valence-electron chi connectivity index (χ2n) is 3.62. The molecule has 0 saturated heterocycles. The highest BCUT2D eigenvalue weighted by atomic mass is 16.2. The fraction of sp³-hybridized carbons (Fsp3) is 0.250. The molecule has 2 nitrogen and oxygen atoms in total. The molecule has 14 heavy (non-hydrogen) atoms. The average Bonchev–Trinajstić information content (AvgIpc) is 2.32. The molecule has 72 valence electrons. The fourth-order valence-corrected chi connectivity index (χ4v) is 1.76. The van der Waals surface area contributed by atoms with Crippen molar-refractivity contribution in [2.75, 3.05) is 7.05 Å². The number of fused-ring (bicyclic) bond motifs is 1. The second kappa shape index (κ2) is 3.29. The van der Waals surface area contributed by atoms with Gasteiger partial charge in [-0.2, -0.15) is 0 Å². The van der Waals surface area contributed by atoms with Crippen LogP contribution < -0.4 is 0 Å². The zero-order chi connectivity index (χ0) is 10.1. The highest BCUT2D eigenvalue weighted by molar-refractivity contribution is 5.87. The minimum atomic E-state index is -0.0498. The Balaban J connectivity index is 2.54. The topological polar surface area (TPSA) is 20.3 Å². The smallest absolute Gasteiger partial charge is 0.233 e. The molecule has 1 atom stereocenters. The fourth-order valence-electron chi connectivity index (χ4n) is 1.76. The molecule has 1 aromatic carbocycles. The monoisotopic (exact) mass is 187 g/mol. The van der Waals surface area contributed by atoms with E-state index in [1.165, 1.54) is 0 Å². The maximum atomic E-state index is 11.8. The van der Waals surface area contributed by atoms with E-state index in [1.54, 1.807) is 11.9 Å². The van der Waals surface area contributed by atoms with Gasteiger partial charge in [0.05, 0.1) is 5.92 Å². The molecule has 0 N–H and O–H groups in total. The number of benzene rings is 1. The van der Waals surface area contributed by atoms with Gasteiger partial charge in [0.2, 0.25) is 5.91 Å². The van der Waals surface area contributed by atoms with Gasteiger partial charge in [-0.3, -0.25) is 4.79 Å². The highest BCUT2D eigenvalue weighted by Gasteiger charge is 2.21. The summed E-state index contributed by atoms with van der Waals surface area (Å²) in [6.07, 6.45) is 3.81. The largest absolute Gasteiger partial charge is 0.322 e. The third-order valence-electron chi connectivity index (χ3n) is 2.66. The van der Waals surface area contributed by atoms with Crippen molar-refractivity contribution in [3.63, 3.8) is 0 Å². The van der Waals surface area contributed by atoms with Gasteiger partial charge in [-0.1, -0.05) is 24.3 Å². The molecule has 0 bridgehead atoms. The lowest BCUT2D eigenvalue weighted by Crippen LogP contribution is -2.24. The van der Waals surface area contributed by atoms with Crippen molar-refractivity contribution in [1.29, 1.82) is 0 Å². The zero-order valence-electron chi connectivity index (χ0n) is 8.40. The average molecular weight is 187 g/mol. The number of likely N-dealkylation sites (N-methyl/N-ethyl adjacent to an activating group) is 1. The molecule has 0 spiro atoms. The number of hydrogen-bond donors (Lipinski definition) is 0. The SMILES string of the molecule is C[C@H]1C(=O)N(C)C=Cc2ccccc21. The van der Waals surface area contributed by atoms with Crippen LogP contribution in [0.3, 0.4) is 0 Å². The minimum absolute atomic E-state index is 0.0498. The van der Waals surface area contributed by atoms with E-state index in [9.17, 15) is 4.79 Å². The van der Waals surface area contributed by atoms with Crippen molar-refractivity contribution < 1.29 is 4.79 Å². The Morgan fingerprint density at radius 1 is 1.29 bits per heavy atom. The summed E-state index contributed by atoms with van der Waals surface area (Å²) in [5.41, 5.74) is 2.25. The van der Waals surface area contributed by atoms with Crippen LogP contribution in [0, 0.1) is 0 Å². The van der Waals surface area contributed by atoms with E-state index in [0.29, 0.717) is 0 Å². The Bertz CT molecular complexity index is 395. The number of rotatable bonds is 0. The summed E-state index contributed by atoms with van der Waals surface area (Å²) in [5, 5.41) is 0. The Labute approximate surface area is 83.8 Å². The maximum absolute atomic E-state index is 11.8. The Morgan fingerprint density at radius 3 is 2.79 bits per heavy atom. The van der Waals surface area contributed by atoms with E-state index in [2.05, 4.69) is 0 Å². The molecule has 0 radical (unpaired) electrons. The molecule has 0 saturated carbocycles. The van der Waals surface area contributed by atoms with Crippen LogP contribution in [0.2, 0.25) is 0 Å².